The van der Waals surface area contributed by atoms with Gasteiger partial charge >= 0.3 is 5.97 Å². The maximum absolute atomic E-state index is 9.87. The molecule has 0 bridgehead atoms. The van der Waals surface area contributed by atoms with Crippen molar-refractivity contribution >= 4 is 18.0 Å². The minimum atomic E-state index is -1.28. The SMILES string of the molecule is O=CC(=O)CC(=O)O.[Ti]. The van der Waals surface area contributed by atoms with E-state index < -0.39 is 18.2 Å². The number of rotatable bonds is 3. The van der Waals surface area contributed by atoms with Crippen molar-refractivity contribution in [2.75, 3.05) is 0 Å². The topological polar surface area (TPSA) is 71.4 Å². The Kier molecular flexibility index (Phi) is 7.13. The first-order chi connectivity index (χ1) is 3.66. The summed E-state index contributed by atoms with van der Waals surface area (Å²) in [6.07, 6.45) is -0.711. The number of hydrogen-bond donors (Lipinski definition) is 1. The number of carbonyl (C=O) groups is 3. The third-order valence-corrected chi connectivity index (χ3v) is 0.457. The van der Waals surface area contributed by atoms with Crippen LogP contribution in [-0.4, -0.2) is 23.1 Å². The van der Waals surface area contributed by atoms with Gasteiger partial charge in [-0.2, -0.15) is 0 Å². The van der Waals surface area contributed by atoms with Crippen molar-refractivity contribution in [1.82, 2.24) is 0 Å². The minimum absolute atomic E-state index is 0. The van der Waals surface area contributed by atoms with Crippen molar-refractivity contribution in [1.29, 1.82) is 0 Å². The van der Waals surface area contributed by atoms with E-state index in [0.29, 0.717) is 0 Å². The van der Waals surface area contributed by atoms with E-state index in [1.807, 2.05) is 0 Å². The number of carbonyl (C=O) groups excluding carboxylic acids is 2. The van der Waals surface area contributed by atoms with Crippen LogP contribution in [0.2, 0.25) is 0 Å². The molecule has 0 aromatic carbocycles. The fourth-order valence-corrected chi connectivity index (χ4v) is 0.191. The summed E-state index contributed by atoms with van der Waals surface area (Å²) in [5.41, 5.74) is 0. The van der Waals surface area contributed by atoms with E-state index in [1.165, 1.54) is 0 Å². The third-order valence-electron chi connectivity index (χ3n) is 0.457. The van der Waals surface area contributed by atoms with Gasteiger partial charge in [-0.15, -0.1) is 0 Å². The predicted octanol–water partition coefficient (Wildman–Crippen LogP) is -0.773. The molecule has 0 amide bonds. The molecular weight excluding hydrogens is 160 g/mol. The van der Waals surface area contributed by atoms with Crippen molar-refractivity contribution in [2.45, 2.75) is 6.42 Å². The van der Waals surface area contributed by atoms with E-state index in [4.69, 9.17) is 5.11 Å². The molecule has 0 atom stereocenters. The summed E-state index contributed by atoms with van der Waals surface area (Å²) in [4.78, 5) is 28.9. The second-order valence-electron chi connectivity index (χ2n) is 1.15. The Morgan fingerprint density at radius 1 is 1.44 bits per heavy atom. The Morgan fingerprint density at radius 3 is 2.00 bits per heavy atom. The van der Waals surface area contributed by atoms with Crippen molar-refractivity contribution in [3.8, 4) is 0 Å². The van der Waals surface area contributed by atoms with Gasteiger partial charge in [-0.25, -0.2) is 0 Å². The van der Waals surface area contributed by atoms with Gasteiger partial charge in [0.05, 0.1) is 0 Å². The second-order valence-corrected chi connectivity index (χ2v) is 1.15. The van der Waals surface area contributed by atoms with Crippen LogP contribution in [0, 0.1) is 0 Å². The van der Waals surface area contributed by atoms with E-state index in [0.717, 1.165) is 0 Å². The molecule has 48 valence electrons. The van der Waals surface area contributed by atoms with Gasteiger partial charge in [-0.05, 0) is 0 Å². The number of carboxylic acids is 1. The minimum Gasteiger partial charge on any atom is -0.481 e. The molecule has 1 N–H and O–H groups in total. The van der Waals surface area contributed by atoms with Crippen molar-refractivity contribution in [2.24, 2.45) is 0 Å². The molecule has 0 saturated heterocycles. The summed E-state index contributed by atoms with van der Waals surface area (Å²) >= 11 is 0. The fraction of sp³-hybridized carbons (Fsp3) is 0.250. The van der Waals surface area contributed by atoms with E-state index in [1.54, 1.807) is 0 Å². The van der Waals surface area contributed by atoms with Gasteiger partial charge in [0.25, 0.3) is 0 Å². The Labute approximate surface area is 66.1 Å². The van der Waals surface area contributed by atoms with Gasteiger partial charge in [0.2, 0.25) is 5.78 Å². The van der Waals surface area contributed by atoms with Crippen molar-refractivity contribution in [3.63, 3.8) is 0 Å². The first kappa shape index (κ1) is 11.3. The summed E-state index contributed by atoms with van der Waals surface area (Å²) in [7, 11) is 0. The smallest absolute Gasteiger partial charge is 0.311 e. The summed E-state index contributed by atoms with van der Waals surface area (Å²) < 4.78 is 0. The van der Waals surface area contributed by atoms with E-state index in [-0.39, 0.29) is 28.0 Å². The predicted molar refractivity (Wildman–Crippen MR) is 23.3 cm³/mol. The van der Waals surface area contributed by atoms with Crippen LogP contribution in [0.25, 0.3) is 0 Å². The van der Waals surface area contributed by atoms with Gasteiger partial charge in [0.1, 0.15) is 6.42 Å². The third kappa shape index (κ3) is 7.52. The fourth-order valence-electron chi connectivity index (χ4n) is 0.191. The number of ketones is 1. The van der Waals surface area contributed by atoms with E-state index >= 15 is 0 Å². The van der Waals surface area contributed by atoms with Crippen LogP contribution < -0.4 is 0 Å². The molecule has 0 aliphatic carbocycles. The molecule has 0 spiro atoms. The Hall–Kier alpha value is -0.476. The average molecular weight is 164 g/mol. The zero-order valence-electron chi connectivity index (χ0n) is 4.46. The van der Waals surface area contributed by atoms with Gasteiger partial charge < -0.3 is 5.11 Å². The van der Waals surface area contributed by atoms with E-state index in [9.17, 15) is 14.4 Å². The van der Waals surface area contributed by atoms with Gasteiger partial charge in [0.15, 0.2) is 6.29 Å². The maximum atomic E-state index is 9.87. The molecule has 0 unspecified atom stereocenters. The van der Waals surface area contributed by atoms with Crippen LogP contribution in [0.3, 0.4) is 0 Å². The van der Waals surface area contributed by atoms with Crippen LogP contribution in [-0.2, 0) is 36.1 Å². The normalized spacial score (nSPS) is 7.11. The molecule has 4 nitrogen and oxygen atoms in total. The second kappa shape index (κ2) is 5.66. The summed E-state index contributed by atoms with van der Waals surface area (Å²) in [6.45, 7) is 0. The first-order valence-corrected chi connectivity index (χ1v) is 1.86. The largest absolute Gasteiger partial charge is 0.481 e. The summed E-state index contributed by atoms with van der Waals surface area (Å²) in [5.74, 6) is -2.18. The van der Waals surface area contributed by atoms with Gasteiger partial charge in [0, 0.05) is 21.7 Å². The standard InChI is InChI=1S/C4H4O4.Ti/c5-2-3(6)1-4(7)8;/h2H,1H2,(H,7,8);. The Morgan fingerprint density at radius 2 is 1.89 bits per heavy atom. The number of carboxylic acid groups (broad SMARTS) is 1. The van der Waals surface area contributed by atoms with Gasteiger partial charge in [-0.3, -0.25) is 14.4 Å². The zero-order valence-corrected chi connectivity index (χ0v) is 6.02. The van der Waals surface area contributed by atoms with Crippen molar-refractivity contribution < 1.29 is 41.2 Å². The number of aliphatic carboxylic acids is 1. The molecule has 0 fully saturated rings. The number of Topliss-reactive ketones (excluding diaryl/α,β-unsaturated/α-hetero) is 1. The molecule has 0 aromatic heterocycles. The number of hydrogen-bond acceptors (Lipinski definition) is 3. The van der Waals surface area contributed by atoms with Crippen LogP contribution in [0.15, 0.2) is 0 Å². The van der Waals surface area contributed by atoms with Gasteiger partial charge in [-0.1, -0.05) is 0 Å². The Balaban J connectivity index is 0. The maximum Gasteiger partial charge on any atom is 0.311 e. The molecule has 9 heavy (non-hydrogen) atoms. The molecule has 0 aliphatic rings. The van der Waals surface area contributed by atoms with Crippen molar-refractivity contribution in [3.05, 3.63) is 0 Å². The summed E-state index contributed by atoms with van der Waals surface area (Å²) in [6, 6.07) is 0. The monoisotopic (exact) mass is 164 g/mol. The van der Waals surface area contributed by atoms with E-state index in [2.05, 4.69) is 0 Å². The molecule has 0 rings (SSSR count). The molecule has 0 aromatic rings. The summed E-state index contributed by atoms with van der Waals surface area (Å²) in [5, 5.41) is 7.84. The molecular formula is C4H4O4Ti. The Bertz CT molecular complexity index is 131. The van der Waals surface area contributed by atoms with Crippen LogP contribution in [0.4, 0.5) is 0 Å². The van der Waals surface area contributed by atoms with Crippen LogP contribution in [0.5, 0.6) is 0 Å². The molecule has 0 saturated carbocycles. The molecule has 0 radical (unpaired) electrons. The average Bonchev–Trinajstić information content (AvgIpc) is 1.65. The quantitative estimate of drug-likeness (QED) is 0.257. The van der Waals surface area contributed by atoms with Crippen LogP contribution in [0.1, 0.15) is 6.42 Å². The molecule has 0 heterocycles. The molecule has 0 aliphatic heterocycles. The number of aldehydes is 1. The van der Waals surface area contributed by atoms with Crippen LogP contribution >= 0.6 is 0 Å². The zero-order chi connectivity index (χ0) is 6.57. The first-order valence-electron chi connectivity index (χ1n) is 1.86. The molecule has 5 heteroatoms.